The molecular formula is C20H20BrN5O2S. The van der Waals surface area contributed by atoms with E-state index in [1.807, 2.05) is 45.0 Å². The second-order valence-corrected chi connectivity index (χ2v) is 8.84. The first kappa shape index (κ1) is 19.9. The van der Waals surface area contributed by atoms with Gasteiger partial charge in [-0.1, -0.05) is 15.9 Å². The van der Waals surface area contributed by atoms with Gasteiger partial charge in [-0.25, -0.2) is 9.97 Å². The fraction of sp³-hybridized carbons (Fsp3) is 0.300. The number of nitrogens with one attached hydrogen (secondary N) is 1. The van der Waals surface area contributed by atoms with Crippen molar-refractivity contribution >= 4 is 39.4 Å². The zero-order chi connectivity index (χ0) is 20.7. The van der Waals surface area contributed by atoms with Crippen LogP contribution in [0.15, 0.2) is 28.7 Å². The Hall–Kier alpha value is -2.39. The molecule has 1 atom stereocenters. The number of methoxy groups -OCH3 is 1. The third-order valence-corrected chi connectivity index (χ3v) is 6.39. The molecule has 1 N–H and O–H groups in total. The third-order valence-electron chi connectivity index (χ3n) is 4.64. The molecule has 0 radical (unpaired) electrons. The Morgan fingerprint density at radius 3 is 2.62 bits per heavy atom. The highest BCUT2D eigenvalue weighted by atomic mass is 79.9. The maximum absolute atomic E-state index is 12.5. The number of carbonyl (C=O) groups excluding carboxylic acids is 1. The Kier molecular flexibility index (Phi) is 5.35. The monoisotopic (exact) mass is 473 g/mol. The molecule has 0 saturated carbocycles. The molecule has 0 bridgehead atoms. The van der Waals surface area contributed by atoms with E-state index < -0.39 is 0 Å². The largest absolute Gasteiger partial charge is 0.496 e. The van der Waals surface area contributed by atoms with Gasteiger partial charge >= 0.3 is 0 Å². The summed E-state index contributed by atoms with van der Waals surface area (Å²) in [7, 11) is 1.65. The molecule has 1 aliphatic heterocycles. The average Bonchev–Trinajstić information content (AvgIpc) is 2.87. The number of ether oxygens (including phenoxy) is 1. The molecule has 1 aromatic carbocycles. The Labute approximate surface area is 181 Å². The minimum absolute atomic E-state index is 0.0850. The number of amides is 1. The van der Waals surface area contributed by atoms with Gasteiger partial charge in [0.15, 0.2) is 0 Å². The molecule has 0 aliphatic carbocycles. The average molecular weight is 474 g/mol. The molecule has 150 valence electrons. The molecule has 0 fully saturated rings. The molecule has 29 heavy (non-hydrogen) atoms. The Morgan fingerprint density at radius 2 is 1.93 bits per heavy atom. The van der Waals surface area contributed by atoms with Gasteiger partial charge in [0, 0.05) is 27.0 Å². The van der Waals surface area contributed by atoms with Crippen LogP contribution in [-0.2, 0) is 4.79 Å². The number of hydrogen-bond donors (Lipinski definition) is 1. The minimum Gasteiger partial charge on any atom is -0.496 e. The Balaban J connectivity index is 1.94. The highest BCUT2D eigenvalue weighted by Gasteiger charge is 2.32. The zero-order valence-electron chi connectivity index (χ0n) is 16.5. The summed E-state index contributed by atoms with van der Waals surface area (Å²) in [4.78, 5) is 21.6. The zero-order valence-corrected chi connectivity index (χ0v) is 18.9. The lowest BCUT2D eigenvalue weighted by atomic mass is 10.0. The smallest absolute Gasteiger partial charge is 0.252 e. The molecule has 0 saturated heterocycles. The van der Waals surface area contributed by atoms with E-state index in [1.54, 1.807) is 23.6 Å². The van der Waals surface area contributed by atoms with E-state index in [1.165, 1.54) is 0 Å². The summed E-state index contributed by atoms with van der Waals surface area (Å²) < 4.78 is 8.18. The normalized spacial score (nSPS) is 16.2. The predicted molar refractivity (Wildman–Crippen MR) is 117 cm³/mol. The number of benzene rings is 1. The summed E-state index contributed by atoms with van der Waals surface area (Å²) in [5.74, 6) is 2.05. The highest BCUT2D eigenvalue weighted by Crippen LogP contribution is 2.47. The van der Waals surface area contributed by atoms with E-state index in [9.17, 15) is 4.79 Å². The molecule has 9 heteroatoms. The summed E-state index contributed by atoms with van der Waals surface area (Å²) in [5, 5.41) is 7.57. The number of fused-ring (bicyclic) bond motifs is 1. The van der Waals surface area contributed by atoms with Crippen molar-refractivity contribution in [3.63, 3.8) is 0 Å². The fourth-order valence-electron chi connectivity index (χ4n) is 3.49. The molecule has 0 spiro atoms. The second-order valence-electron chi connectivity index (χ2n) is 6.84. The molecule has 1 aliphatic rings. The number of aryl methyl sites for hydroxylation is 3. The van der Waals surface area contributed by atoms with Crippen LogP contribution >= 0.6 is 27.7 Å². The molecular weight excluding hydrogens is 454 g/mol. The standard InChI is InChI=1S/C20H20BrN5O2S/c1-10-7-11(2)23-20(22-10)26-19-17(12(3)25-26)18(29-9-16(27)24-19)14-8-13(21)5-6-15(14)28-4/h5-8,18H,9H2,1-4H3,(H,24,27)/t18-/m1/s1. The number of hydrogen-bond acceptors (Lipinski definition) is 6. The number of carbonyl (C=O) groups is 1. The van der Waals surface area contributed by atoms with Crippen LogP contribution in [-0.4, -0.2) is 38.5 Å². The number of aromatic nitrogens is 4. The first-order chi connectivity index (χ1) is 13.9. The number of nitrogens with zero attached hydrogens (tertiary/aromatic N) is 4. The lowest BCUT2D eigenvalue weighted by molar-refractivity contribution is -0.113. The van der Waals surface area contributed by atoms with Crippen molar-refractivity contribution in [1.82, 2.24) is 19.7 Å². The van der Waals surface area contributed by atoms with E-state index in [-0.39, 0.29) is 11.2 Å². The first-order valence-corrected chi connectivity index (χ1v) is 10.9. The van der Waals surface area contributed by atoms with Gasteiger partial charge in [0.25, 0.3) is 5.95 Å². The van der Waals surface area contributed by atoms with Crippen molar-refractivity contribution in [2.45, 2.75) is 26.0 Å². The lowest BCUT2D eigenvalue weighted by Gasteiger charge is -2.18. The predicted octanol–water partition coefficient (Wildman–Crippen LogP) is 4.13. The number of halogens is 1. The van der Waals surface area contributed by atoms with Crippen LogP contribution in [0.25, 0.3) is 5.95 Å². The van der Waals surface area contributed by atoms with E-state index in [0.717, 1.165) is 38.4 Å². The minimum atomic E-state index is -0.129. The molecule has 0 unspecified atom stereocenters. The summed E-state index contributed by atoms with van der Waals surface area (Å²) in [6.45, 7) is 5.76. The van der Waals surface area contributed by atoms with Crippen LogP contribution in [0.1, 0.15) is 33.5 Å². The summed E-state index contributed by atoms with van der Waals surface area (Å²) in [6, 6.07) is 7.79. The van der Waals surface area contributed by atoms with Crippen molar-refractivity contribution in [3.05, 3.63) is 56.9 Å². The van der Waals surface area contributed by atoms with E-state index >= 15 is 0 Å². The quantitative estimate of drug-likeness (QED) is 0.615. The van der Waals surface area contributed by atoms with E-state index in [0.29, 0.717) is 17.5 Å². The fourth-order valence-corrected chi connectivity index (χ4v) is 5.07. The molecule has 3 heterocycles. The number of rotatable bonds is 3. The third kappa shape index (κ3) is 3.76. The van der Waals surface area contributed by atoms with E-state index in [2.05, 4.69) is 36.3 Å². The lowest BCUT2D eigenvalue weighted by Crippen LogP contribution is -2.17. The molecule has 2 aromatic heterocycles. The van der Waals surface area contributed by atoms with Crippen molar-refractivity contribution < 1.29 is 9.53 Å². The molecule has 4 rings (SSSR count). The van der Waals surface area contributed by atoms with Crippen LogP contribution in [0.3, 0.4) is 0 Å². The van der Waals surface area contributed by atoms with Crippen molar-refractivity contribution in [2.75, 3.05) is 18.2 Å². The first-order valence-electron chi connectivity index (χ1n) is 9.04. The number of thioether (sulfide) groups is 1. The second kappa shape index (κ2) is 7.79. The molecule has 1 amide bonds. The topological polar surface area (TPSA) is 81.9 Å². The Bertz CT molecular complexity index is 1090. The van der Waals surface area contributed by atoms with Crippen molar-refractivity contribution in [2.24, 2.45) is 0 Å². The van der Waals surface area contributed by atoms with E-state index in [4.69, 9.17) is 4.74 Å². The van der Waals surface area contributed by atoms with Gasteiger partial charge in [-0.3, -0.25) is 4.79 Å². The maximum Gasteiger partial charge on any atom is 0.252 e. The van der Waals surface area contributed by atoms with Crippen molar-refractivity contribution in [3.8, 4) is 11.7 Å². The Morgan fingerprint density at radius 1 is 1.21 bits per heavy atom. The maximum atomic E-state index is 12.5. The van der Waals surface area contributed by atoms with Gasteiger partial charge in [0.1, 0.15) is 11.6 Å². The van der Waals surface area contributed by atoms with Crippen LogP contribution in [0.2, 0.25) is 0 Å². The van der Waals surface area contributed by atoms with Gasteiger partial charge in [-0.05, 0) is 45.0 Å². The van der Waals surface area contributed by atoms with Gasteiger partial charge in [-0.2, -0.15) is 9.78 Å². The van der Waals surface area contributed by atoms with Gasteiger partial charge in [0.2, 0.25) is 5.91 Å². The van der Waals surface area contributed by atoms with Crippen molar-refractivity contribution in [1.29, 1.82) is 0 Å². The highest BCUT2D eigenvalue weighted by molar-refractivity contribution is 9.10. The van der Waals surface area contributed by atoms with Gasteiger partial charge in [-0.15, -0.1) is 11.8 Å². The summed E-state index contributed by atoms with van der Waals surface area (Å²) in [5.41, 5.74) is 4.40. The SMILES string of the molecule is COc1ccc(Br)cc1[C@H]1SCC(=O)Nc2c1c(C)nn2-c1nc(C)cc(C)n1. The van der Waals surface area contributed by atoms with Crippen LogP contribution in [0.5, 0.6) is 5.75 Å². The number of anilines is 1. The van der Waals surface area contributed by atoms with Gasteiger partial charge in [0.05, 0.1) is 23.8 Å². The van der Waals surface area contributed by atoms with Crippen LogP contribution in [0.4, 0.5) is 5.82 Å². The summed E-state index contributed by atoms with van der Waals surface area (Å²) >= 11 is 5.10. The van der Waals surface area contributed by atoms with Crippen LogP contribution < -0.4 is 10.1 Å². The molecule has 3 aromatic rings. The summed E-state index contributed by atoms with van der Waals surface area (Å²) in [6.07, 6.45) is 0. The van der Waals surface area contributed by atoms with Crippen LogP contribution in [0, 0.1) is 20.8 Å². The molecule has 7 nitrogen and oxygen atoms in total. The van der Waals surface area contributed by atoms with Gasteiger partial charge < -0.3 is 10.1 Å².